The van der Waals surface area contributed by atoms with Crippen LogP contribution in [0, 0.1) is 5.92 Å². The molecule has 0 spiro atoms. The van der Waals surface area contributed by atoms with Gasteiger partial charge in [0.1, 0.15) is 5.82 Å². The fourth-order valence-corrected chi connectivity index (χ4v) is 3.16. The Kier molecular flexibility index (Phi) is 3.63. The molecular formula is C18H19N5O2. The lowest BCUT2D eigenvalue weighted by Gasteiger charge is -2.15. The van der Waals surface area contributed by atoms with Crippen molar-refractivity contribution in [2.24, 2.45) is 13.0 Å². The molecule has 3 aromatic rings. The quantitative estimate of drug-likeness (QED) is 0.792. The average Bonchev–Trinajstić information content (AvgIpc) is 3.37. The van der Waals surface area contributed by atoms with Crippen LogP contribution in [0.25, 0.3) is 10.8 Å². The molecule has 4 rings (SSSR count). The molecule has 25 heavy (non-hydrogen) atoms. The summed E-state index contributed by atoms with van der Waals surface area (Å²) in [6.45, 7) is 2.11. The fraction of sp³-hybridized carbons (Fsp3) is 0.333. The maximum atomic E-state index is 12.8. The van der Waals surface area contributed by atoms with E-state index in [0.29, 0.717) is 22.5 Å². The molecule has 1 fully saturated rings. The third kappa shape index (κ3) is 2.71. The molecule has 1 atom stereocenters. The molecule has 1 unspecified atom stereocenters. The number of benzene rings is 1. The van der Waals surface area contributed by atoms with Crippen LogP contribution in [0.2, 0.25) is 0 Å². The van der Waals surface area contributed by atoms with Crippen LogP contribution >= 0.6 is 0 Å². The number of carbonyl (C=O) groups excluding carboxylic acids is 1. The summed E-state index contributed by atoms with van der Waals surface area (Å²) in [4.78, 5) is 25.0. The van der Waals surface area contributed by atoms with Crippen molar-refractivity contribution >= 4 is 22.5 Å². The van der Waals surface area contributed by atoms with Gasteiger partial charge in [0.25, 0.3) is 11.5 Å². The molecule has 1 saturated carbocycles. The summed E-state index contributed by atoms with van der Waals surface area (Å²) in [7, 11) is 1.55. The smallest absolute Gasteiger partial charge is 0.277 e. The van der Waals surface area contributed by atoms with Gasteiger partial charge in [0, 0.05) is 18.5 Å². The number of carbonyl (C=O) groups is 1. The molecular weight excluding hydrogens is 318 g/mol. The zero-order chi connectivity index (χ0) is 17.6. The number of fused-ring (bicyclic) bond motifs is 1. The first-order valence-corrected chi connectivity index (χ1v) is 8.37. The van der Waals surface area contributed by atoms with Crippen molar-refractivity contribution in [1.29, 1.82) is 0 Å². The summed E-state index contributed by atoms with van der Waals surface area (Å²) < 4.78 is 3.04. The summed E-state index contributed by atoms with van der Waals surface area (Å²) in [5.74, 6) is 0.910. The summed E-state index contributed by atoms with van der Waals surface area (Å²) in [6.07, 6.45) is 4.07. The van der Waals surface area contributed by atoms with E-state index in [1.165, 1.54) is 17.5 Å². The van der Waals surface area contributed by atoms with Crippen molar-refractivity contribution < 1.29 is 4.79 Å². The monoisotopic (exact) mass is 337 g/mol. The van der Waals surface area contributed by atoms with E-state index in [1.807, 2.05) is 4.68 Å². The highest BCUT2D eigenvalue weighted by Crippen LogP contribution is 2.40. The van der Waals surface area contributed by atoms with Gasteiger partial charge in [-0.05, 0) is 31.7 Å². The minimum atomic E-state index is -0.350. The number of anilines is 1. The lowest BCUT2D eigenvalue weighted by Crippen LogP contribution is -2.26. The van der Waals surface area contributed by atoms with E-state index in [9.17, 15) is 9.59 Å². The van der Waals surface area contributed by atoms with E-state index in [-0.39, 0.29) is 23.2 Å². The lowest BCUT2D eigenvalue weighted by atomic mass is 10.1. The van der Waals surface area contributed by atoms with Gasteiger partial charge < -0.3 is 5.32 Å². The number of rotatable bonds is 4. The lowest BCUT2D eigenvalue weighted by molar-refractivity contribution is 0.102. The van der Waals surface area contributed by atoms with Crippen LogP contribution < -0.4 is 10.9 Å². The standard InChI is InChI=1S/C18H19N5O2/c1-11(12-7-8-12)23-15(9-10-19-23)20-17(24)16-13-5-3-4-6-14(13)18(25)22(2)21-16/h3-6,9-12H,7-8H2,1-2H3,(H,20,24). The maximum absolute atomic E-state index is 12.8. The minimum absolute atomic E-state index is 0.223. The zero-order valence-corrected chi connectivity index (χ0v) is 14.1. The van der Waals surface area contributed by atoms with Crippen LogP contribution in [0.3, 0.4) is 0 Å². The van der Waals surface area contributed by atoms with Crippen LogP contribution in [-0.2, 0) is 7.05 Å². The molecule has 1 aliphatic carbocycles. The van der Waals surface area contributed by atoms with Crippen LogP contribution in [-0.4, -0.2) is 25.5 Å². The van der Waals surface area contributed by atoms with Crippen molar-refractivity contribution in [3.05, 3.63) is 52.6 Å². The Labute approximate surface area is 144 Å². The predicted molar refractivity (Wildman–Crippen MR) is 94.6 cm³/mol. The molecule has 2 aromatic heterocycles. The first-order chi connectivity index (χ1) is 12.1. The van der Waals surface area contributed by atoms with E-state index in [0.717, 1.165) is 0 Å². The summed E-state index contributed by atoms with van der Waals surface area (Å²) in [5.41, 5.74) is 0.00377. The largest absolute Gasteiger partial charge is 0.305 e. The third-order valence-corrected chi connectivity index (χ3v) is 4.77. The topological polar surface area (TPSA) is 81.8 Å². The minimum Gasteiger partial charge on any atom is -0.305 e. The Bertz CT molecular complexity index is 1020. The Morgan fingerprint density at radius 1 is 1.24 bits per heavy atom. The number of aromatic nitrogens is 4. The van der Waals surface area contributed by atoms with Crippen LogP contribution in [0.4, 0.5) is 5.82 Å². The second-order valence-corrected chi connectivity index (χ2v) is 6.52. The van der Waals surface area contributed by atoms with Gasteiger partial charge in [0.2, 0.25) is 0 Å². The third-order valence-electron chi connectivity index (χ3n) is 4.77. The van der Waals surface area contributed by atoms with Gasteiger partial charge in [-0.25, -0.2) is 9.36 Å². The number of aryl methyl sites for hydroxylation is 1. The molecule has 7 heteroatoms. The summed E-state index contributed by atoms with van der Waals surface area (Å²) in [6, 6.07) is 9.03. The first kappa shape index (κ1) is 15.6. The zero-order valence-electron chi connectivity index (χ0n) is 14.1. The van der Waals surface area contributed by atoms with Crippen LogP contribution in [0.5, 0.6) is 0 Å². The Morgan fingerprint density at radius 3 is 2.68 bits per heavy atom. The van der Waals surface area contributed by atoms with Crippen molar-refractivity contribution in [2.75, 3.05) is 5.32 Å². The van der Waals surface area contributed by atoms with E-state index >= 15 is 0 Å². The van der Waals surface area contributed by atoms with Gasteiger partial charge in [-0.2, -0.15) is 10.2 Å². The molecule has 2 heterocycles. The summed E-state index contributed by atoms with van der Waals surface area (Å²) in [5, 5.41) is 12.4. The number of nitrogens with one attached hydrogen (secondary N) is 1. The molecule has 0 aliphatic heterocycles. The molecule has 0 saturated heterocycles. The Balaban J connectivity index is 1.71. The maximum Gasteiger partial charge on any atom is 0.277 e. The van der Waals surface area contributed by atoms with Crippen molar-refractivity contribution in [1.82, 2.24) is 19.6 Å². The van der Waals surface area contributed by atoms with Gasteiger partial charge in [-0.3, -0.25) is 9.59 Å². The van der Waals surface area contributed by atoms with Gasteiger partial charge in [0.15, 0.2) is 5.69 Å². The molecule has 1 N–H and O–H groups in total. The molecule has 1 amide bonds. The molecule has 1 aliphatic rings. The fourth-order valence-electron chi connectivity index (χ4n) is 3.16. The SMILES string of the molecule is CC(C1CC1)n1nccc1NC(=O)c1nn(C)c(=O)c2ccccc12. The normalized spacial score (nSPS) is 15.3. The molecule has 128 valence electrons. The van der Waals surface area contributed by atoms with Gasteiger partial charge in [-0.15, -0.1) is 0 Å². The highest BCUT2D eigenvalue weighted by atomic mass is 16.2. The number of amides is 1. The van der Waals surface area contributed by atoms with Crippen LogP contribution in [0.1, 0.15) is 36.3 Å². The van der Waals surface area contributed by atoms with E-state index < -0.39 is 0 Å². The van der Waals surface area contributed by atoms with Gasteiger partial charge >= 0.3 is 0 Å². The summed E-state index contributed by atoms with van der Waals surface area (Å²) >= 11 is 0. The van der Waals surface area contributed by atoms with E-state index in [1.54, 1.807) is 43.6 Å². The number of nitrogens with zero attached hydrogens (tertiary/aromatic N) is 4. The van der Waals surface area contributed by atoms with Crippen molar-refractivity contribution in [3.8, 4) is 0 Å². The van der Waals surface area contributed by atoms with Gasteiger partial charge in [0.05, 0.1) is 17.6 Å². The highest BCUT2D eigenvalue weighted by Gasteiger charge is 2.31. The van der Waals surface area contributed by atoms with E-state index in [2.05, 4.69) is 22.4 Å². The molecule has 0 bridgehead atoms. The highest BCUT2D eigenvalue weighted by molar-refractivity contribution is 6.10. The number of hydrogen-bond acceptors (Lipinski definition) is 4. The van der Waals surface area contributed by atoms with Crippen molar-refractivity contribution in [3.63, 3.8) is 0 Å². The van der Waals surface area contributed by atoms with Gasteiger partial charge in [-0.1, -0.05) is 18.2 Å². The number of hydrogen-bond donors (Lipinski definition) is 1. The Hall–Kier alpha value is -2.96. The second kappa shape index (κ2) is 5.84. The van der Waals surface area contributed by atoms with E-state index in [4.69, 9.17) is 0 Å². The molecule has 1 aromatic carbocycles. The first-order valence-electron chi connectivity index (χ1n) is 8.37. The molecule has 7 nitrogen and oxygen atoms in total. The second-order valence-electron chi connectivity index (χ2n) is 6.52. The van der Waals surface area contributed by atoms with Crippen LogP contribution in [0.15, 0.2) is 41.3 Å². The van der Waals surface area contributed by atoms with Crippen molar-refractivity contribution in [2.45, 2.75) is 25.8 Å². The Morgan fingerprint density at radius 2 is 1.96 bits per heavy atom. The predicted octanol–water partition coefficient (Wildman–Crippen LogP) is 2.35. The average molecular weight is 337 g/mol. The molecule has 0 radical (unpaired) electrons.